The van der Waals surface area contributed by atoms with Crippen LogP contribution in [0, 0.1) is 6.92 Å². The predicted molar refractivity (Wildman–Crippen MR) is 131 cm³/mol. The molecule has 2 aromatic carbocycles. The number of rotatable bonds is 8. The SMILES string of the molecule is CC(N)=NC(=O)c1cnc(Nc2ccc(S(C)(=O)=O)c(C)c2)nc1NC(CO)c1ccccc1. The summed E-state index contributed by atoms with van der Waals surface area (Å²) in [7, 11) is -3.35. The van der Waals surface area contributed by atoms with E-state index in [9.17, 15) is 18.3 Å². The number of nitrogens with zero attached hydrogens (tertiary/aromatic N) is 3. The number of amidine groups is 1. The molecule has 0 aliphatic heterocycles. The molecule has 0 aliphatic rings. The second-order valence-electron chi connectivity index (χ2n) is 7.68. The second-order valence-corrected chi connectivity index (χ2v) is 9.67. The highest BCUT2D eigenvalue weighted by atomic mass is 32.2. The third-order valence-electron chi connectivity index (χ3n) is 4.82. The number of amides is 1. The number of nitrogens with two attached hydrogens (primary N) is 1. The first kappa shape index (κ1) is 24.8. The van der Waals surface area contributed by atoms with E-state index in [-0.39, 0.29) is 34.7 Å². The molecule has 0 radical (unpaired) electrons. The lowest BCUT2D eigenvalue weighted by molar-refractivity contribution is 0.100. The van der Waals surface area contributed by atoms with Crippen molar-refractivity contribution in [1.82, 2.24) is 9.97 Å². The summed E-state index contributed by atoms with van der Waals surface area (Å²) in [5, 5.41) is 16.0. The Labute approximate surface area is 197 Å². The fourth-order valence-corrected chi connectivity index (χ4v) is 4.25. The van der Waals surface area contributed by atoms with Crippen LogP contribution in [-0.2, 0) is 9.84 Å². The zero-order valence-corrected chi connectivity index (χ0v) is 19.8. The van der Waals surface area contributed by atoms with E-state index in [1.54, 1.807) is 19.1 Å². The molecule has 1 atom stereocenters. The first-order valence-corrected chi connectivity index (χ1v) is 12.2. The zero-order valence-electron chi connectivity index (χ0n) is 19.0. The van der Waals surface area contributed by atoms with Gasteiger partial charge in [0.2, 0.25) is 5.95 Å². The lowest BCUT2D eigenvalue weighted by Crippen LogP contribution is -2.19. The van der Waals surface area contributed by atoms with Gasteiger partial charge in [0.05, 0.1) is 17.5 Å². The maximum atomic E-state index is 12.6. The van der Waals surface area contributed by atoms with Crippen molar-refractivity contribution in [3.05, 3.63) is 71.4 Å². The molecule has 178 valence electrons. The number of aromatic nitrogens is 2. The Morgan fingerprint density at radius 2 is 1.91 bits per heavy atom. The zero-order chi connectivity index (χ0) is 24.9. The predicted octanol–water partition coefficient (Wildman–Crippen LogP) is 2.59. The van der Waals surface area contributed by atoms with Crippen molar-refractivity contribution in [3.63, 3.8) is 0 Å². The van der Waals surface area contributed by atoms with Crippen molar-refractivity contribution in [2.24, 2.45) is 10.7 Å². The molecule has 0 saturated heterocycles. The fourth-order valence-electron chi connectivity index (χ4n) is 3.29. The van der Waals surface area contributed by atoms with Crippen molar-refractivity contribution in [2.45, 2.75) is 24.8 Å². The van der Waals surface area contributed by atoms with Gasteiger partial charge in [-0.3, -0.25) is 4.79 Å². The van der Waals surface area contributed by atoms with Crippen LogP contribution in [0.25, 0.3) is 0 Å². The third kappa shape index (κ3) is 6.15. The van der Waals surface area contributed by atoms with E-state index >= 15 is 0 Å². The van der Waals surface area contributed by atoms with Gasteiger partial charge in [-0.25, -0.2) is 13.4 Å². The molecule has 1 heterocycles. The Hall–Kier alpha value is -3.83. The van der Waals surface area contributed by atoms with Crippen LogP contribution >= 0.6 is 0 Å². The van der Waals surface area contributed by atoms with Crippen molar-refractivity contribution in [3.8, 4) is 0 Å². The van der Waals surface area contributed by atoms with E-state index in [0.29, 0.717) is 11.3 Å². The number of aliphatic hydroxyl groups is 1. The molecule has 34 heavy (non-hydrogen) atoms. The summed E-state index contributed by atoms with van der Waals surface area (Å²) in [6.07, 6.45) is 2.46. The van der Waals surface area contributed by atoms with Crippen LogP contribution in [0.2, 0.25) is 0 Å². The first-order chi connectivity index (χ1) is 16.1. The highest BCUT2D eigenvalue weighted by Crippen LogP contribution is 2.25. The van der Waals surface area contributed by atoms with Gasteiger partial charge in [0.15, 0.2) is 9.84 Å². The van der Waals surface area contributed by atoms with Crippen molar-refractivity contribution < 1.29 is 18.3 Å². The molecule has 0 aliphatic carbocycles. The van der Waals surface area contributed by atoms with Crippen LogP contribution in [0.1, 0.15) is 34.5 Å². The molecular weight excluding hydrogens is 456 g/mol. The highest BCUT2D eigenvalue weighted by molar-refractivity contribution is 7.90. The number of aryl methyl sites for hydroxylation is 1. The van der Waals surface area contributed by atoms with Gasteiger partial charge in [-0.1, -0.05) is 30.3 Å². The van der Waals surface area contributed by atoms with Gasteiger partial charge in [-0.15, -0.1) is 0 Å². The van der Waals surface area contributed by atoms with Gasteiger partial charge >= 0.3 is 0 Å². The van der Waals surface area contributed by atoms with Gasteiger partial charge in [-0.2, -0.15) is 9.98 Å². The smallest absolute Gasteiger partial charge is 0.283 e. The van der Waals surface area contributed by atoms with Crippen molar-refractivity contribution in [2.75, 3.05) is 23.5 Å². The number of hydrogen-bond acceptors (Lipinski definition) is 8. The molecule has 1 unspecified atom stereocenters. The summed E-state index contributed by atoms with van der Waals surface area (Å²) in [5.41, 5.74) is 7.56. The molecule has 5 N–H and O–H groups in total. The third-order valence-corrected chi connectivity index (χ3v) is 6.08. The Kier molecular flexibility index (Phi) is 7.59. The minimum Gasteiger partial charge on any atom is -0.394 e. The highest BCUT2D eigenvalue weighted by Gasteiger charge is 2.19. The summed E-state index contributed by atoms with van der Waals surface area (Å²) >= 11 is 0. The maximum Gasteiger partial charge on any atom is 0.283 e. The topological polar surface area (TPSA) is 160 Å². The monoisotopic (exact) mass is 482 g/mol. The molecule has 3 aromatic rings. The molecule has 0 fully saturated rings. The average Bonchev–Trinajstić information content (AvgIpc) is 2.77. The molecule has 10 nitrogen and oxygen atoms in total. The second kappa shape index (κ2) is 10.4. The molecule has 0 spiro atoms. The Bertz CT molecular complexity index is 1320. The van der Waals surface area contributed by atoms with Gasteiger partial charge in [0.25, 0.3) is 5.91 Å². The fraction of sp³-hybridized carbons (Fsp3) is 0.217. The number of anilines is 3. The van der Waals surface area contributed by atoms with E-state index in [4.69, 9.17) is 5.73 Å². The molecule has 11 heteroatoms. The lowest BCUT2D eigenvalue weighted by atomic mass is 10.1. The van der Waals surface area contributed by atoms with Crippen LogP contribution in [-0.4, -0.2) is 48.1 Å². The van der Waals surface area contributed by atoms with Gasteiger partial charge in [0, 0.05) is 18.1 Å². The summed E-state index contributed by atoms with van der Waals surface area (Å²) in [6, 6.07) is 13.4. The van der Waals surface area contributed by atoms with Crippen LogP contribution in [0.15, 0.2) is 64.6 Å². The van der Waals surface area contributed by atoms with E-state index in [2.05, 4.69) is 25.6 Å². The Morgan fingerprint density at radius 1 is 1.21 bits per heavy atom. The molecule has 1 aromatic heterocycles. The number of carbonyl (C=O) groups excluding carboxylic acids is 1. The molecular formula is C23H26N6O4S. The minimum atomic E-state index is -3.35. The summed E-state index contributed by atoms with van der Waals surface area (Å²) in [5.74, 6) is -0.239. The van der Waals surface area contributed by atoms with Gasteiger partial charge < -0.3 is 21.5 Å². The van der Waals surface area contributed by atoms with E-state index in [1.807, 2.05) is 30.3 Å². The number of carbonyl (C=O) groups is 1. The standard InChI is InChI=1S/C23H26N6O4S/c1-14-11-17(9-10-20(14)34(3,32)33)27-23-25-12-18(22(31)26-15(2)24)21(29-23)28-19(13-30)16-7-5-4-6-8-16/h4-12,19,30H,13H2,1-3H3,(H2,24,26,31)(H2,25,27,28,29). The summed E-state index contributed by atoms with van der Waals surface area (Å²) in [4.78, 5) is 25.2. The average molecular weight is 483 g/mol. The molecule has 1 amide bonds. The van der Waals surface area contributed by atoms with Crippen LogP contribution < -0.4 is 16.4 Å². The van der Waals surface area contributed by atoms with E-state index < -0.39 is 21.8 Å². The number of hydrogen-bond donors (Lipinski definition) is 4. The summed E-state index contributed by atoms with van der Waals surface area (Å²) < 4.78 is 23.7. The van der Waals surface area contributed by atoms with Crippen LogP contribution in [0.4, 0.5) is 17.5 Å². The molecule has 3 rings (SSSR count). The minimum absolute atomic E-state index is 0.0772. The number of benzene rings is 2. The van der Waals surface area contributed by atoms with E-state index in [0.717, 1.165) is 11.8 Å². The van der Waals surface area contributed by atoms with Crippen LogP contribution in [0.3, 0.4) is 0 Å². The van der Waals surface area contributed by atoms with E-state index in [1.165, 1.54) is 19.2 Å². The summed E-state index contributed by atoms with van der Waals surface area (Å²) in [6.45, 7) is 2.93. The van der Waals surface area contributed by atoms with Crippen molar-refractivity contribution >= 4 is 39.0 Å². The molecule has 0 saturated carbocycles. The largest absolute Gasteiger partial charge is 0.394 e. The lowest BCUT2D eigenvalue weighted by Gasteiger charge is -2.19. The van der Waals surface area contributed by atoms with Gasteiger partial charge in [-0.05, 0) is 43.2 Å². The normalized spacial score (nSPS) is 12.8. The quantitative estimate of drug-likeness (QED) is 0.279. The maximum absolute atomic E-state index is 12.6. The molecule has 0 bridgehead atoms. The Morgan fingerprint density at radius 3 is 2.50 bits per heavy atom. The number of nitrogens with one attached hydrogen (secondary N) is 2. The first-order valence-electron chi connectivity index (χ1n) is 10.3. The Balaban J connectivity index is 1.98. The number of sulfone groups is 1. The van der Waals surface area contributed by atoms with Gasteiger partial charge in [0.1, 0.15) is 17.2 Å². The number of aliphatic imine (C=N–C) groups is 1. The van der Waals surface area contributed by atoms with Crippen molar-refractivity contribution in [1.29, 1.82) is 0 Å². The van der Waals surface area contributed by atoms with Crippen LogP contribution in [0.5, 0.6) is 0 Å². The number of aliphatic hydroxyl groups excluding tert-OH is 1.